The van der Waals surface area contributed by atoms with Crippen molar-refractivity contribution in [2.24, 2.45) is 0 Å². The molecule has 0 fully saturated rings. The Balaban J connectivity index is 0.000000855. The molecule has 146 valence electrons. The second-order valence-electron chi connectivity index (χ2n) is 4.94. The smallest absolute Gasteiger partial charge is 0.224 e. The molecule has 2 heterocycles. The van der Waals surface area contributed by atoms with Crippen LogP contribution in [-0.4, -0.2) is 28.0 Å². The molecule has 0 radical (unpaired) electrons. The number of aromatic nitrogens is 3. The van der Waals surface area contributed by atoms with Crippen LogP contribution in [0.1, 0.15) is 34.1 Å². The van der Waals surface area contributed by atoms with Crippen molar-refractivity contribution in [1.82, 2.24) is 15.0 Å². The molecule has 2 aromatic heterocycles. The number of hydrogen-bond donors (Lipinski definition) is 2. The van der Waals surface area contributed by atoms with Crippen LogP contribution in [0.25, 0.3) is 10.9 Å². The summed E-state index contributed by atoms with van der Waals surface area (Å²) in [6.07, 6.45) is 4.34. The van der Waals surface area contributed by atoms with Crippen molar-refractivity contribution in [3.05, 3.63) is 53.0 Å². The molecule has 2 N–H and O–H groups in total. The normalized spacial score (nSPS) is 9.56. The molecule has 1 aromatic carbocycles. The molecule has 0 saturated carbocycles. The molecule has 0 aliphatic carbocycles. The van der Waals surface area contributed by atoms with Gasteiger partial charge in [-0.25, -0.2) is 9.97 Å². The van der Waals surface area contributed by atoms with Gasteiger partial charge in [0.25, 0.3) is 0 Å². The molecule has 0 spiro atoms. The average molecular weight is 408 g/mol. The highest BCUT2D eigenvalue weighted by Gasteiger charge is 2.02. The lowest BCUT2D eigenvalue weighted by Gasteiger charge is -2.10. The Kier molecular flexibility index (Phi) is 11.1. The van der Waals surface area contributed by atoms with Gasteiger partial charge in [0.05, 0.1) is 5.52 Å². The molecule has 3 rings (SSSR count). The van der Waals surface area contributed by atoms with Gasteiger partial charge in [-0.2, -0.15) is 0 Å². The minimum atomic E-state index is 0.245. The Bertz CT molecular complexity index is 811. The summed E-state index contributed by atoms with van der Waals surface area (Å²) in [7, 11) is 0. The Morgan fingerprint density at radius 1 is 0.852 bits per heavy atom. The van der Waals surface area contributed by atoms with E-state index in [4.69, 9.17) is 23.2 Å². The van der Waals surface area contributed by atoms with Crippen LogP contribution >= 0.6 is 23.2 Å². The first kappa shape index (κ1) is 22.9. The summed E-state index contributed by atoms with van der Waals surface area (Å²) in [5, 5.41) is 8.63. The van der Waals surface area contributed by atoms with E-state index < -0.39 is 0 Å². The highest BCUT2D eigenvalue weighted by atomic mass is 35.5. The van der Waals surface area contributed by atoms with Crippen LogP contribution in [0.2, 0.25) is 10.3 Å². The molecule has 27 heavy (non-hydrogen) atoms. The Hall–Kier alpha value is -2.11. The molecule has 0 bridgehead atoms. The molecule has 0 aliphatic rings. The highest BCUT2D eigenvalue weighted by Crippen LogP contribution is 2.24. The number of pyridine rings is 1. The number of rotatable bonds is 6. The van der Waals surface area contributed by atoms with Gasteiger partial charge in [-0.3, -0.25) is 4.98 Å². The third-order valence-electron chi connectivity index (χ3n) is 3.31. The predicted molar refractivity (Wildman–Crippen MR) is 118 cm³/mol. The Labute approximate surface area is 171 Å². The van der Waals surface area contributed by atoms with E-state index in [-0.39, 0.29) is 5.28 Å². The minimum Gasteiger partial charge on any atom is -0.384 e. The van der Waals surface area contributed by atoms with Crippen LogP contribution in [0.3, 0.4) is 0 Å². The number of hydrogen-bond acceptors (Lipinski definition) is 5. The van der Waals surface area contributed by atoms with E-state index in [1.54, 1.807) is 18.5 Å². The van der Waals surface area contributed by atoms with Crippen molar-refractivity contribution in [3.8, 4) is 0 Å². The molecular formula is C20H27Cl2N5. The van der Waals surface area contributed by atoms with E-state index in [1.165, 1.54) is 0 Å². The van der Waals surface area contributed by atoms with Crippen LogP contribution in [0.4, 0.5) is 11.5 Å². The zero-order valence-corrected chi connectivity index (χ0v) is 17.8. The fourth-order valence-electron chi connectivity index (χ4n) is 2.24. The molecule has 0 unspecified atom stereocenters. The third-order valence-corrected chi connectivity index (χ3v) is 3.72. The first-order valence-electron chi connectivity index (χ1n) is 9.23. The van der Waals surface area contributed by atoms with Gasteiger partial charge in [-0.15, -0.1) is 0 Å². The van der Waals surface area contributed by atoms with Gasteiger partial charge in [0, 0.05) is 41.6 Å². The molecule has 0 atom stereocenters. The van der Waals surface area contributed by atoms with E-state index in [0.717, 1.165) is 41.9 Å². The quantitative estimate of drug-likeness (QED) is 0.370. The predicted octanol–water partition coefficient (Wildman–Crippen LogP) is 6.30. The first-order chi connectivity index (χ1) is 13.2. The highest BCUT2D eigenvalue weighted by molar-refractivity contribution is 6.31. The summed E-state index contributed by atoms with van der Waals surface area (Å²) in [6.45, 7) is 9.61. The van der Waals surface area contributed by atoms with Crippen molar-refractivity contribution in [3.63, 3.8) is 0 Å². The molecule has 0 aliphatic heterocycles. The van der Waals surface area contributed by atoms with Gasteiger partial charge in [0.2, 0.25) is 5.28 Å². The molecule has 0 amide bonds. The SMILES string of the molecule is CC.CC.Clc1ccc2c(NCCCNc3ccnc(Cl)n3)ccnc2c1. The lowest BCUT2D eigenvalue weighted by molar-refractivity contribution is 0.903. The van der Waals surface area contributed by atoms with Gasteiger partial charge in [0.15, 0.2) is 0 Å². The van der Waals surface area contributed by atoms with Crippen molar-refractivity contribution in [2.45, 2.75) is 34.1 Å². The fraction of sp³-hybridized carbons (Fsp3) is 0.350. The lowest BCUT2D eigenvalue weighted by Crippen LogP contribution is -2.10. The van der Waals surface area contributed by atoms with Crippen LogP contribution in [0.15, 0.2) is 42.7 Å². The average Bonchev–Trinajstić information content (AvgIpc) is 2.70. The molecule has 0 saturated heterocycles. The van der Waals surface area contributed by atoms with Gasteiger partial charge in [0.1, 0.15) is 5.82 Å². The number of benzene rings is 1. The second kappa shape index (κ2) is 13.1. The van der Waals surface area contributed by atoms with Crippen molar-refractivity contribution in [2.75, 3.05) is 23.7 Å². The Morgan fingerprint density at radius 2 is 1.56 bits per heavy atom. The number of nitrogens with one attached hydrogen (secondary N) is 2. The van der Waals surface area contributed by atoms with Crippen LogP contribution in [0.5, 0.6) is 0 Å². The van der Waals surface area contributed by atoms with Gasteiger partial charge in [-0.1, -0.05) is 39.3 Å². The van der Waals surface area contributed by atoms with Gasteiger partial charge in [-0.05, 0) is 48.4 Å². The Morgan fingerprint density at radius 3 is 2.30 bits per heavy atom. The number of nitrogens with zero attached hydrogens (tertiary/aromatic N) is 3. The maximum Gasteiger partial charge on any atom is 0.224 e. The fourth-order valence-corrected chi connectivity index (χ4v) is 2.55. The van der Waals surface area contributed by atoms with Gasteiger partial charge >= 0.3 is 0 Å². The topological polar surface area (TPSA) is 62.7 Å². The van der Waals surface area contributed by atoms with Crippen molar-refractivity contribution in [1.29, 1.82) is 0 Å². The summed E-state index contributed by atoms with van der Waals surface area (Å²) in [5.41, 5.74) is 1.94. The minimum absolute atomic E-state index is 0.245. The van der Waals surface area contributed by atoms with Gasteiger partial charge < -0.3 is 10.6 Å². The maximum absolute atomic E-state index is 6.00. The summed E-state index contributed by atoms with van der Waals surface area (Å²) >= 11 is 11.7. The first-order valence-corrected chi connectivity index (χ1v) is 9.98. The number of anilines is 2. The van der Waals surface area contributed by atoms with E-state index in [1.807, 2.05) is 52.0 Å². The monoisotopic (exact) mass is 407 g/mol. The van der Waals surface area contributed by atoms with Crippen LogP contribution < -0.4 is 10.6 Å². The van der Waals surface area contributed by atoms with E-state index in [2.05, 4.69) is 25.6 Å². The number of halogens is 2. The van der Waals surface area contributed by atoms with E-state index in [0.29, 0.717) is 5.02 Å². The van der Waals surface area contributed by atoms with Crippen molar-refractivity contribution < 1.29 is 0 Å². The zero-order valence-electron chi connectivity index (χ0n) is 16.3. The standard InChI is InChI=1S/C16H15Cl2N5.2C2H6/c17-11-2-3-12-13(4-8-20-14(12)10-11)19-6-1-7-21-15-5-9-22-16(18)23-15;2*1-2/h2-5,8-10H,1,6-7H2,(H,19,20)(H,21,22,23);2*1-2H3. The molecule has 5 nitrogen and oxygen atoms in total. The maximum atomic E-state index is 6.00. The van der Waals surface area contributed by atoms with E-state index in [9.17, 15) is 0 Å². The summed E-state index contributed by atoms with van der Waals surface area (Å²) < 4.78 is 0. The zero-order chi connectivity index (χ0) is 20.1. The molecular weight excluding hydrogens is 381 g/mol. The molecule has 3 aromatic rings. The number of fused-ring (bicyclic) bond motifs is 1. The van der Waals surface area contributed by atoms with Crippen LogP contribution in [0, 0.1) is 0 Å². The largest absolute Gasteiger partial charge is 0.384 e. The second-order valence-corrected chi connectivity index (χ2v) is 5.71. The molecule has 7 heteroatoms. The van der Waals surface area contributed by atoms with Crippen molar-refractivity contribution >= 4 is 45.6 Å². The summed E-state index contributed by atoms with van der Waals surface area (Å²) in [6, 6.07) is 9.47. The summed E-state index contributed by atoms with van der Waals surface area (Å²) in [5.74, 6) is 0.731. The third kappa shape index (κ3) is 7.57. The lowest BCUT2D eigenvalue weighted by atomic mass is 10.2. The van der Waals surface area contributed by atoms with E-state index >= 15 is 0 Å². The van der Waals surface area contributed by atoms with Crippen LogP contribution in [-0.2, 0) is 0 Å². The summed E-state index contributed by atoms with van der Waals surface area (Å²) in [4.78, 5) is 12.3.